The van der Waals surface area contributed by atoms with E-state index in [1.54, 1.807) is 0 Å². The van der Waals surface area contributed by atoms with Crippen LogP contribution in [-0.4, -0.2) is 14.6 Å². The van der Waals surface area contributed by atoms with Gasteiger partial charge in [0, 0.05) is 12.1 Å². The van der Waals surface area contributed by atoms with Gasteiger partial charge in [0.05, 0.1) is 5.56 Å². The topological polar surface area (TPSA) is 30.2 Å². The fraction of sp³-hybridized carbons (Fsp3) is 0.294. The molecule has 0 aliphatic heterocycles. The summed E-state index contributed by atoms with van der Waals surface area (Å²) < 4.78 is 40.1. The highest BCUT2D eigenvalue weighted by Gasteiger charge is 2.31. The van der Waals surface area contributed by atoms with E-state index >= 15 is 0 Å². The number of benzene rings is 1. The molecular formula is C17H16F3N3. The molecule has 0 fully saturated rings. The maximum atomic E-state index is 12.9. The Hall–Kier alpha value is -2.37. The Balaban J connectivity index is 1.84. The number of rotatable bonds is 4. The molecule has 0 N–H and O–H groups in total. The number of hydrogen-bond acceptors (Lipinski definition) is 2. The van der Waals surface area contributed by atoms with Crippen LogP contribution in [-0.2, 0) is 12.6 Å². The summed E-state index contributed by atoms with van der Waals surface area (Å²) in [6.45, 7) is 1.96. The maximum absolute atomic E-state index is 12.9. The summed E-state index contributed by atoms with van der Waals surface area (Å²) in [5.41, 5.74) is 0.935. The van der Waals surface area contributed by atoms with Crippen molar-refractivity contribution in [1.82, 2.24) is 14.6 Å². The molecule has 0 aliphatic carbocycles. The first kappa shape index (κ1) is 15.5. The summed E-state index contributed by atoms with van der Waals surface area (Å²) in [6, 6.07) is 12.4. The minimum atomic E-state index is -4.37. The zero-order valence-corrected chi connectivity index (χ0v) is 12.6. The van der Waals surface area contributed by atoms with E-state index in [2.05, 4.69) is 10.2 Å². The van der Waals surface area contributed by atoms with Gasteiger partial charge in [-0.15, -0.1) is 10.2 Å². The van der Waals surface area contributed by atoms with Crippen LogP contribution >= 0.6 is 0 Å². The number of nitrogens with zero attached hydrogens (tertiary/aromatic N) is 3. The van der Waals surface area contributed by atoms with Crippen LogP contribution in [0.1, 0.15) is 36.2 Å². The molecule has 3 aromatic rings. The average Bonchev–Trinajstić information content (AvgIpc) is 2.96. The van der Waals surface area contributed by atoms with Crippen molar-refractivity contribution in [3.8, 4) is 0 Å². The van der Waals surface area contributed by atoms with E-state index in [9.17, 15) is 13.2 Å². The third-order valence-corrected chi connectivity index (χ3v) is 3.91. The Morgan fingerprint density at radius 2 is 1.78 bits per heavy atom. The highest BCUT2D eigenvalue weighted by atomic mass is 19.4. The molecule has 1 atom stereocenters. The predicted molar refractivity (Wildman–Crippen MR) is 81.2 cm³/mol. The van der Waals surface area contributed by atoms with E-state index in [1.165, 1.54) is 16.0 Å². The second-order valence-corrected chi connectivity index (χ2v) is 5.63. The number of pyridine rings is 1. The van der Waals surface area contributed by atoms with Crippen LogP contribution in [0.2, 0.25) is 0 Å². The van der Waals surface area contributed by atoms with Gasteiger partial charge in [-0.05, 0) is 30.5 Å². The number of aromatic nitrogens is 3. The van der Waals surface area contributed by atoms with Crippen molar-refractivity contribution in [1.29, 1.82) is 0 Å². The molecule has 0 saturated heterocycles. The first-order valence-electron chi connectivity index (χ1n) is 7.41. The van der Waals surface area contributed by atoms with Gasteiger partial charge in [0.1, 0.15) is 5.82 Å². The average molecular weight is 319 g/mol. The molecule has 0 aliphatic rings. The van der Waals surface area contributed by atoms with Crippen molar-refractivity contribution in [3.63, 3.8) is 0 Å². The number of halogens is 3. The van der Waals surface area contributed by atoms with E-state index in [4.69, 9.17) is 0 Å². The second kappa shape index (κ2) is 6.02. The van der Waals surface area contributed by atoms with Gasteiger partial charge in [-0.2, -0.15) is 13.2 Å². The molecule has 1 unspecified atom stereocenters. The van der Waals surface area contributed by atoms with Crippen molar-refractivity contribution in [2.75, 3.05) is 0 Å². The van der Waals surface area contributed by atoms with Crippen molar-refractivity contribution < 1.29 is 13.2 Å². The molecule has 120 valence electrons. The lowest BCUT2D eigenvalue weighted by Crippen LogP contribution is -2.08. The molecular weight excluding hydrogens is 303 g/mol. The first-order chi connectivity index (χ1) is 10.9. The monoisotopic (exact) mass is 319 g/mol. The van der Waals surface area contributed by atoms with Crippen LogP contribution < -0.4 is 0 Å². The number of hydrogen-bond donors (Lipinski definition) is 0. The van der Waals surface area contributed by atoms with E-state index in [0.29, 0.717) is 11.5 Å². The summed E-state index contributed by atoms with van der Waals surface area (Å²) >= 11 is 0. The molecule has 3 rings (SSSR count). The fourth-order valence-corrected chi connectivity index (χ4v) is 2.57. The maximum Gasteiger partial charge on any atom is 0.417 e. The van der Waals surface area contributed by atoms with Gasteiger partial charge < -0.3 is 0 Å². The van der Waals surface area contributed by atoms with Crippen molar-refractivity contribution in [3.05, 3.63) is 65.6 Å². The lowest BCUT2D eigenvalue weighted by molar-refractivity contribution is -0.137. The Morgan fingerprint density at radius 3 is 2.48 bits per heavy atom. The lowest BCUT2D eigenvalue weighted by Gasteiger charge is -2.11. The highest BCUT2D eigenvalue weighted by molar-refractivity contribution is 5.40. The van der Waals surface area contributed by atoms with Gasteiger partial charge in [0.2, 0.25) is 0 Å². The quantitative estimate of drug-likeness (QED) is 0.709. The summed E-state index contributed by atoms with van der Waals surface area (Å²) in [6.07, 6.45) is -1.66. The molecule has 23 heavy (non-hydrogen) atoms. The molecule has 0 saturated carbocycles. The third kappa shape index (κ3) is 3.36. The lowest BCUT2D eigenvalue weighted by atomic mass is 10.0. The van der Waals surface area contributed by atoms with Crippen molar-refractivity contribution in [2.45, 2.75) is 31.9 Å². The van der Waals surface area contributed by atoms with E-state index in [0.717, 1.165) is 25.1 Å². The van der Waals surface area contributed by atoms with Crippen LogP contribution in [0.5, 0.6) is 0 Å². The molecule has 2 aromatic heterocycles. The molecule has 0 amide bonds. The Labute approximate surface area is 131 Å². The van der Waals surface area contributed by atoms with Gasteiger partial charge in [0.15, 0.2) is 5.65 Å². The third-order valence-electron chi connectivity index (χ3n) is 3.91. The smallest absolute Gasteiger partial charge is 0.286 e. The van der Waals surface area contributed by atoms with Gasteiger partial charge in [0.25, 0.3) is 0 Å². The molecule has 0 bridgehead atoms. The standard InChI is InChI=1S/C17H16F3N3/c1-12(7-8-13-5-3-2-4-6-13)16-22-21-15-10-9-14(11-23(15)16)17(18,19)20/h2-6,9-12H,7-8H2,1H3. The van der Waals surface area contributed by atoms with Crippen LogP contribution in [0.3, 0.4) is 0 Å². The van der Waals surface area contributed by atoms with Crippen LogP contribution in [0.25, 0.3) is 5.65 Å². The molecule has 6 heteroatoms. The van der Waals surface area contributed by atoms with Gasteiger partial charge >= 0.3 is 6.18 Å². The van der Waals surface area contributed by atoms with Crippen molar-refractivity contribution in [2.24, 2.45) is 0 Å². The number of alkyl halides is 3. The first-order valence-corrected chi connectivity index (χ1v) is 7.41. The summed E-state index contributed by atoms with van der Waals surface area (Å²) in [5, 5.41) is 8.04. The Kier molecular flexibility index (Phi) is 4.07. The highest BCUT2D eigenvalue weighted by Crippen LogP contribution is 2.30. The molecule has 2 heterocycles. The van der Waals surface area contributed by atoms with Crippen LogP contribution in [0.4, 0.5) is 13.2 Å². The van der Waals surface area contributed by atoms with E-state index in [-0.39, 0.29) is 5.92 Å². The molecule has 0 spiro atoms. The minimum Gasteiger partial charge on any atom is -0.286 e. The van der Waals surface area contributed by atoms with Gasteiger partial charge in [-0.3, -0.25) is 4.40 Å². The second-order valence-electron chi connectivity index (χ2n) is 5.63. The molecule has 1 aromatic carbocycles. The summed E-state index contributed by atoms with van der Waals surface area (Å²) in [7, 11) is 0. The summed E-state index contributed by atoms with van der Waals surface area (Å²) in [5.74, 6) is 0.565. The number of aryl methyl sites for hydroxylation is 1. The SMILES string of the molecule is CC(CCc1ccccc1)c1nnc2ccc(C(F)(F)F)cn12. The summed E-state index contributed by atoms with van der Waals surface area (Å²) in [4.78, 5) is 0. The Bertz CT molecular complexity index is 794. The van der Waals surface area contributed by atoms with Gasteiger partial charge in [-0.1, -0.05) is 37.3 Å². The molecule has 0 radical (unpaired) electrons. The van der Waals surface area contributed by atoms with Gasteiger partial charge in [-0.25, -0.2) is 0 Å². The molecule has 3 nitrogen and oxygen atoms in total. The fourth-order valence-electron chi connectivity index (χ4n) is 2.57. The minimum absolute atomic E-state index is 0.00805. The van der Waals surface area contributed by atoms with E-state index in [1.807, 2.05) is 37.3 Å². The van der Waals surface area contributed by atoms with Crippen LogP contribution in [0.15, 0.2) is 48.7 Å². The van der Waals surface area contributed by atoms with E-state index < -0.39 is 11.7 Å². The number of fused-ring (bicyclic) bond motifs is 1. The largest absolute Gasteiger partial charge is 0.417 e. The predicted octanol–water partition coefficient (Wildman–Crippen LogP) is 4.48. The zero-order chi connectivity index (χ0) is 16.4. The normalized spacial score (nSPS) is 13.4. The van der Waals surface area contributed by atoms with Crippen molar-refractivity contribution >= 4 is 5.65 Å². The van der Waals surface area contributed by atoms with Crippen LogP contribution in [0, 0.1) is 0 Å². The zero-order valence-electron chi connectivity index (χ0n) is 12.6. The Morgan fingerprint density at radius 1 is 1.04 bits per heavy atom.